The molecule has 1 N–H and O–H groups in total. The Balaban J connectivity index is 1.75. The Morgan fingerprint density at radius 1 is 1.27 bits per heavy atom. The van der Waals surface area contributed by atoms with Crippen molar-refractivity contribution < 1.29 is 14.1 Å². The van der Waals surface area contributed by atoms with Crippen molar-refractivity contribution in [3.63, 3.8) is 0 Å². The number of carbonyl (C=O) groups is 1. The second-order valence-corrected chi connectivity index (χ2v) is 5.75. The third-order valence-electron chi connectivity index (χ3n) is 3.91. The molecule has 0 aliphatic carbocycles. The van der Waals surface area contributed by atoms with Gasteiger partial charge in [0.05, 0.1) is 6.04 Å². The predicted octanol–water partition coefficient (Wildman–Crippen LogP) is 2.94. The Kier molecular flexibility index (Phi) is 4.24. The summed E-state index contributed by atoms with van der Waals surface area (Å²) in [5.41, 5.74) is 2.61. The molecule has 0 bridgehead atoms. The third kappa shape index (κ3) is 3.20. The first kappa shape index (κ1) is 14.8. The second kappa shape index (κ2) is 6.32. The van der Waals surface area contributed by atoms with Gasteiger partial charge in [-0.3, -0.25) is 4.79 Å². The van der Waals surface area contributed by atoms with E-state index in [2.05, 4.69) is 41.7 Å². The Labute approximate surface area is 129 Å². The Hall–Kier alpha value is -2.14. The molecule has 116 valence electrons. The summed E-state index contributed by atoms with van der Waals surface area (Å²) in [5, 5.41) is 6.79. The molecule has 5 heteroatoms. The van der Waals surface area contributed by atoms with Crippen LogP contribution in [0.25, 0.3) is 0 Å². The van der Waals surface area contributed by atoms with Crippen molar-refractivity contribution in [2.75, 3.05) is 6.61 Å². The van der Waals surface area contributed by atoms with Gasteiger partial charge in [-0.1, -0.05) is 35.0 Å². The minimum atomic E-state index is -0.218. The summed E-state index contributed by atoms with van der Waals surface area (Å²) in [6, 6.07) is 9.83. The molecule has 2 heterocycles. The van der Waals surface area contributed by atoms with Gasteiger partial charge < -0.3 is 14.6 Å². The molecule has 1 aromatic heterocycles. The molecule has 3 rings (SSSR count). The molecule has 1 saturated heterocycles. The van der Waals surface area contributed by atoms with Crippen LogP contribution in [0.5, 0.6) is 0 Å². The largest absolute Gasteiger partial charge is 0.371 e. The number of hydrogen-bond acceptors (Lipinski definition) is 4. The standard InChI is InChI=1S/C17H20N2O3/c1-11-5-7-13(8-6-11)16-14(4-3-9-21-16)18-17(20)15-10-12(2)22-19-15/h5-8,10,14,16H,3-4,9H2,1-2H3,(H,18,20)/t14-,16+/m0/s1. The minimum Gasteiger partial charge on any atom is -0.371 e. The van der Waals surface area contributed by atoms with Gasteiger partial charge in [-0.2, -0.15) is 0 Å². The molecule has 1 fully saturated rings. The summed E-state index contributed by atoms with van der Waals surface area (Å²) in [6.45, 7) is 4.54. The molecule has 1 aromatic carbocycles. The SMILES string of the molecule is Cc1ccc([C@H]2OCCC[C@@H]2NC(=O)c2cc(C)on2)cc1. The van der Waals surface area contributed by atoms with Gasteiger partial charge in [-0.15, -0.1) is 0 Å². The van der Waals surface area contributed by atoms with Gasteiger partial charge in [0.15, 0.2) is 5.69 Å². The topological polar surface area (TPSA) is 64.4 Å². The van der Waals surface area contributed by atoms with Gasteiger partial charge >= 0.3 is 0 Å². The average Bonchev–Trinajstić information content (AvgIpc) is 2.95. The van der Waals surface area contributed by atoms with Crippen LogP contribution in [0.4, 0.5) is 0 Å². The zero-order valence-electron chi connectivity index (χ0n) is 12.8. The maximum atomic E-state index is 12.3. The molecule has 5 nitrogen and oxygen atoms in total. The maximum Gasteiger partial charge on any atom is 0.273 e. The van der Waals surface area contributed by atoms with Crippen LogP contribution in [0.1, 0.15) is 46.3 Å². The smallest absolute Gasteiger partial charge is 0.273 e. The lowest BCUT2D eigenvalue weighted by Crippen LogP contribution is -2.42. The quantitative estimate of drug-likeness (QED) is 0.946. The number of nitrogens with one attached hydrogen (secondary N) is 1. The average molecular weight is 300 g/mol. The lowest BCUT2D eigenvalue weighted by molar-refractivity contribution is -0.00955. The number of carbonyl (C=O) groups excluding carboxylic acids is 1. The number of hydrogen-bond donors (Lipinski definition) is 1. The summed E-state index contributed by atoms with van der Waals surface area (Å²) < 4.78 is 10.9. The van der Waals surface area contributed by atoms with E-state index >= 15 is 0 Å². The van der Waals surface area contributed by atoms with Gasteiger partial charge in [-0.05, 0) is 32.3 Å². The number of aromatic nitrogens is 1. The summed E-state index contributed by atoms with van der Waals surface area (Å²) >= 11 is 0. The van der Waals surface area contributed by atoms with Crippen LogP contribution in [0.3, 0.4) is 0 Å². The zero-order chi connectivity index (χ0) is 15.5. The molecular formula is C17H20N2O3. The fourth-order valence-corrected chi connectivity index (χ4v) is 2.73. The number of amides is 1. The number of ether oxygens (including phenoxy) is 1. The molecular weight excluding hydrogens is 280 g/mol. The molecule has 1 aliphatic heterocycles. The monoisotopic (exact) mass is 300 g/mol. The highest BCUT2D eigenvalue weighted by Gasteiger charge is 2.29. The van der Waals surface area contributed by atoms with Crippen molar-refractivity contribution in [2.24, 2.45) is 0 Å². The van der Waals surface area contributed by atoms with Crippen LogP contribution >= 0.6 is 0 Å². The van der Waals surface area contributed by atoms with E-state index in [1.54, 1.807) is 13.0 Å². The van der Waals surface area contributed by atoms with E-state index in [4.69, 9.17) is 9.26 Å². The summed E-state index contributed by atoms with van der Waals surface area (Å²) in [7, 11) is 0. The van der Waals surface area contributed by atoms with E-state index < -0.39 is 0 Å². The molecule has 0 saturated carbocycles. The van der Waals surface area contributed by atoms with Gasteiger partial charge in [0, 0.05) is 12.7 Å². The van der Waals surface area contributed by atoms with Crippen molar-refractivity contribution in [3.05, 3.63) is 52.9 Å². The lowest BCUT2D eigenvalue weighted by Gasteiger charge is -2.32. The molecule has 0 spiro atoms. The fraction of sp³-hybridized carbons (Fsp3) is 0.412. The van der Waals surface area contributed by atoms with Gasteiger partial charge in [-0.25, -0.2) is 0 Å². The normalized spacial score (nSPS) is 21.5. The van der Waals surface area contributed by atoms with E-state index in [0.29, 0.717) is 18.1 Å². The van der Waals surface area contributed by atoms with Crippen LogP contribution in [0, 0.1) is 13.8 Å². The third-order valence-corrected chi connectivity index (χ3v) is 3.91. The molecule has 22 heavy (non-hydrogen) atoms. The van der Waals surface area contributed by atoms with Crippen LogP contribution < -0.4 is 5.32 Å². The van der Waals surface area contributed by atoms with Crippen molar-refractivity contribution in [3.8, 4) is 0 Å². The van der Waals surface area contributed by atoms with E-state index in [9.17, 15) is 4.79 Å². The van der Waals surface area contributed by atoms with Crippen molar-refractivity contribution in [2.45, 2.75) is 38.8 Å². The molecule has 2 atom stereocenters. The summed E-state index contributed by atoms with van der Waals surface area (Å²) in [4.78, 5) is 12.3. The first-order chi connectivity index (χ1) is 10.6. The van der Waals surface area contributed by atoms with Crippen molar-refractivity contribution in [1.29, 1.82) is 0 Å². The fourth-order valence-electron chi connectivity index (χ4n) is 2.73. The number of aryl methyl sites for hydroxylation is 2. The van der Waals surface area contributed by atoms with Gasteiger partial charge in [0.25, 0.3) is 5.91 Å². The molecule has 0 unspecified atom stereocenters. The van der Waals surface area contributed by atoms with Crippen LogP contribution in [-0.4, -0.2) is 23.7 Å². The van der Waals surface area contributed by atoms with E-state index in [-0.39, 0.29) is 18.1 Å². The van der Waals surface area contributed by atoms with Crippen LogP contribution in [0.2, 0.25) is 0 Å². The van der Waals surface area contributed by atoms with Gasteiger partial charge in [0.2, 0.25) is 0 Å². The highest BCUT2D eigenvalue weighted by molar-refractivity contribution is 5.92. The van der Waals surface area contributed by atoms with E-state index in [1.165, 1.54) is 5.56 Å². The van der Waals surface area contributed by atoms with E-state index in [1.807, 2.05) is 0 Å². The summed E-state index contributed by atoms with van der Waals surface area (Å²) in [5.74, 6) is 0.407. The first-order valence-electron chi connectivity index (χ1n) is 7.56. The number of rotatable bonds is 3. The maximum absolute atomic E-state index is 12.3. The van der Waals surface area contributed by atoms with Crippen LogP contribution in [0.15, 0.2) is 34.9 Å². The van der Waals surface area contributed by atoms with Crippen molar-refractivity contribution in [1.82, 2.24) is 10.5 Å². The predicted molar refractivity (Wildman–Crippen MR) is 81.6 cm³/mol. The number of benzene rings is 1. The minimum absolute atomic E-state index is 0.0547. The summed E-state index contributed by atoms with van der Waals surface area (Å²) in [6.07, 6.45) is 1.71. The molecule has 0 radical (unpaired) electrons. The Morgan fingerprint density at radius 3 is 2.73 bits per heavy atom. The van der Waals surface area contributed by atoms with Crippen LogP contribution in [-0.2, 0) is 4.74 Å². The Morgan fingerprint density at radius 2 is 2.05 bits per heavy atom. The lowest BCUT2D eigenvalue weighted by atomic mass is 9.95. The zero-order valence-corrected chi connectivity index (χ0v) is 12.8. The number of nitrogens with zero attached hydrogens (tertiary/aromatic N) is 1. The highest BCUT2D eigenvalue weighted by Crippen LogP contribution is 2.28. The second-order valence-electron chi connectivity index (χ2n) is 5.75. The van der Waals surface area contributed by atoms with Crippen molar-refractivity contribution >= 4 is 5.91 Å². The highest BCUT2D eigenvalue weighted by atomic mass is 16.5. The van der Waals surface area contributed by atoms with E-state index in [0.717, 1.165) is 18.4 Å². The molecule has 1 aliphatic rings. The Bertz CT molecular complexity index is 648. The molecule has 1 amide bonds. The first-order valence-corrected chi connectivity index (χ1v) is 7.56. The van der Waals surface area contributed by atoms with Gasteiger partial charge in [0.1, 0.15) is 11.9 Å². The molecule has 2 aromatic rings.